The van der Waals surface area contributed by atoms with Crippen LogP contribution in [0.1, 0.15) is 17.2 Å². The molecule has 0 radical (unpaired) electrons. The Morgan fingerprint density at radius 2 is 1.67 bits per heavy atom. The zero-order chi connectivity index (χ0) is 14.7. The van der Waals surface area contributed by atoms with E-state index in [0.29, 0.717) is 6.54 Å². The maximum absolute atomic E-state index is 10.6. The summed E-state index contributed by atoms with van der Waals surface area (Å²) in [5.74, 6) is 0. The van der Waals surface area contributed by atoms with Crippen LogP contribution in [0, 0.1) is 0 Å². The van der Waals surface area contributed by atoms with Gasteiger partial charge in [0.2, 0.25) is 0 Å². The topological polar surface area (TPSA) is 52.9 Å². The van der Waals surface area contributed by atoms with Gasteiger partial charge in [-0.1, -0.05) is 60.7 Å². The third-order valence-corrected chi connectivity index (χ3v) is 3.85. The quantitative estimate of drug-likeness (QED) is 0.901. The van der Waals surface area contributed by atoms with Gasteiger partial charge in [0.1, 0.15) is 12.2 Å². The van der Waals surface area contributed by atoms with Gasteiger partial charge in [0.05, 0.1) is 12.6 Å². The molecule has 21 heavy (non-hydrogen) atoms. The number of rotatable bonds is 4. The molecule has 4 nitrogen and oxygen atoms in total. The minimum atomic E-state index is -1.28. The van der Waals surface area contributed by atoms with E-state index in [1.807, 2.05) is 60.7 Å². The molecule has 0 spiro atoms. The van der Waals surface area contributed by atoms with E-state index in [0.717, 1.165) is 11.1 Å². The lowest BCUT2D eigenvalue weighted by molar-refractivity contribution is -0.141. The minimum absolute atomic E-state index is 0.0931. The van der Waals surface area contributed by atoms with E-state index < -0.39 is 5.60 Å². The van der Waals surface area contributed by atoms with E-state index >= 15 is 0 Å². The molecular formula is C17H19NO3. The van der Waals surface area contributed by atoms with Crippen LogP contribution in [0.5, 0.6) is 0 Å². The van der Waals surface area contributed by atoms with E-state index in [2.05, 4.69) is 0 Å². The first-order chi connectivity index (χ1) is 10.2. The van der Waals surface area contributed by atoms with Crippen LogP contribution < -0.4 is 0 Å². The van der Waals surface area contributed by atoms with Gasteiger partial charge >= 0.3 is 0 Å². The molecule has 3 rings (SSSR count). The highest BCUT2D eigenvalue weighted by Crippen LogP contribution is 2.39. The molecule has 110 valence electrons. The van der Waals surface area contributed by atoms with Gasteiger partial charge in [-0.05, 0) is 11.1 Å². The number of aliphatic hydroxyl groups excluding tert-OH is 1. The monoisotopic (exact) mass is 285 g/mol. The Kier molecular flexibility index (Phi) is 4.03. The lowest BCUT2D eigenvalue weighted by atomic mass is 9.90. The molecule has 1 saturated heterocycles. The Morgan fingerprint density at radius 1 is 1.05 bits per heavy atom. The third-order valence-electron chi connectivity index (χ3n) is 3.85. The first kappa shape index (κ1) is 14.2. The molecule has 0 saturated carbocycles. The second kappa shape index (κ2) is 5.95. The molecule has 2 N–H and O–H groups in total. The summed E-state index contributed by atoms with van der Waals surface area (Å²) >= 11 is 0. The van der Waals surface area contributed by atoms with Gasteiger partial charge in [-0.15, -0.1) is 0 Å². The van der Waals surface area contributed by atoms with Crippen molar-refractivity contribution in [2.24, 2.45) is 0 Å². The summed E-state index contributed by atoms with van der Waals surface area (Å²) in [6.07, 6.45) is 0. The largest absolute Gasteiger partial charge is 0.393 e. The van der Waals surface area contributed by atoms with Crippen LogP contribution in [0.2, 0.25) is 0 Å². The highest BCUT2D eigenvalue weighted by atomic mass is 16.7. The molecule has 0 aliphatic carbocycles. The first-order valence-corrected chi connectivity index (χ1v) is 7.04. The van der Waals surface area contributed by atoms with Crippen molar-refractivity contribution < 1.29 is 15.1 Å². The van der Waals surface area contributed by atoms with Gasteiger partial charge in [-0.2, -0.15) is 5.06 Å². The average Bonchev–Trinajstić information content (AvgIpc) is 2.86. The van der Waals surface area contributed by atoms with Crippen LogP contribution in [0.15, 0.2) is 60.7 Å². The Balaban J connectivity index is 1.89. The lowest BCUT2D eigenvalue weighted by Gasteiger charge is -2.30. The molecule has 0 aromatic heterocycles. The highest BCUT2D eigenvalue weighted by Gasteiger charge is 2.48. The van der Waals surface area contributed by atoms with Crippen molar-refractivity contribution in [1.29, 1.82) is 0 Å². The number of aliphatic hydroxyl groups is 2. The molecule has 4 heteroatoms. The van der Waals surface area contributed by atoms with Crippen LogP contribution in [0.3, 0.4) is 0 Å². The fourth-order valence-corrected chi connectivity index (χ4v) is 2.76. The molecule has 1 aliphatic rings. The summed E-state index contributed by atoms with van der Waals surface area (Å²) in [6, 6.07) is 19.2. The van der Waals surface area contributed by atoms with Crippen molar-refractivity contribution in [2.45, 2.75) is 18.2 Å². The molecule has 0 bridgehead atoms. The number of hydrogen-bond acceptors (Lipinski definition) is 4. The van der Waals surface area contributed by atoms with Crippen molar-refractivity contribution >= 4 is 0 Å². The number of hydrogen-bond donors (Lipinski definition) is 2. The fourth-order valence-electron chi connectivity index (χ4n) is 2.76. The number of hydroxylamine groups is 2. The molecule has 1 fully saturated rings. The third kappa shape index (κ3) is 2.84. The summed E-state index contributed by atoms with van der Waals surface area (Å²) in [5.41, 5.74) is 0.749. The zero-order valence-electron chi connectivity index (χ0n) is 11.7. The van der Waals surface area contributed by atoms with Crippen LogP contribution in [-0.2, 0) is 11.4 Å². The Morgan fingerprint density at radius 3 is 2.29 bits per heavy atom. The molecule has 0 amide bonds. The van der Waals surface area contributed by atoms with Crippen molar-refractivity contribution in [3.8, 4) is 0 Å². The summed E-state index contributed by atoms with van der Waals surface area (Å²) in [5, 5.41) is 22.0. The predicted octanol–water partition coefficient (Wildman–Crippen LogP) is 1.90. The summed E-state index contributed by atoms with van der Waals surface area (Å²) in [7, 11) is 0. The smallest absolute Gasteiger partial charge is 0.135 e. The van der Waals surface area contributed by atoms with Gasteiger partial charge in [0.25, 0.3) is 0 Å². The molecule has 1 heterocycles. The Hall–Kier alpha value is -1.72. The maximum Gasteiger partial charge on any atom is 0.135 e. The highest BCUT2D eigenvalue weighted by molar-refractivity contribution is 5.24. The molecular weight excluding hydrogens is 266 g/mol. The zero-order valence-corrected chi connectivity index (χ0v) is 11.7. The summed E-state index contributed by atoms with van der Waals surface area (Å²) in [4.78, 5) is 5.65. The van der Waals surface area contributed by atoms with Crippen LogP contribution in [0.25, 0.3) is 0 Å². The standard InChI is InChI=1S/C17H19NO3/c19-12-17(20)13-21-18(11-14-7-3-1-4-8-14)16(17)15-9-5-2-6-10-15/h1-10,16,19-20H,11-13H2/t16-,17-/m0/s1. The second-order valence-electron chi connectivity index (χ2n) is 5.41. The van der Waals surface area contributed by atoms with Gasteiger partial charge in [0.15, 0.2) is 0 Å². The number of nitrogens with zero attached hydrogens (tertiary/aromatic N) is 1. The van der Waals surface area contributed by atoms with Crippen LogP contribution in [0.4, 0.5) is 0 Å². The van der Waals surface area contributed by atoms with Gasteiger partial charge in [-0.25, -0.2) is 0 Å². The lowest BCUT2D eigenvalue weighted by Crippen LogP contribution is -2.42. The van der Waals surface area contributed by atoms with E-state index in [1.165, 1.54) is 0 Å². The second-order valence-corrected chi connectivity index (χ2v) is 5.41. The first-order valence-electron chi connectivity index (χ1n) is 7.04. The average molecular weight is 285 g/mol. The number of benzene rings is 2. The van der Waals surface area contributed by atoms with Crippen molar-refractivity contribution in [2.75, 3.05) is 13.2 Å². The van der Waals surface area contributed by atoms with E-state index in [-0.39, 0.29) is 19.3 Å². The Bertz CT molecular complexity index is 575. The normalized spacial score (nSPS) is 26.1. The molecule has 0 unspecified atom stereocenters. The summed E-state index contributed by atoms with van der Waals surface area (Å²) in [6.45, 7) is 0.316. The molecule has 2 atom stereocenters. The van der Waals surface area contributed by atoms with Crippen molar-refractivity contribution in [1.82, 2.24) is 5.06 Å². The Labute approximate surface area is 124 Å². The molecule has 2 aromatic rings. The molecule has 1 aliphatic heterocycles. The SMILES string of the molecule is OC[C@]1(O)CON(Cc2ccccc2)[C@H]1c1ccccc1. The van der Waals surface area contributed by atoms with E-state index in [4.69, 9.17) is 4.84 Å². The maximum atomic E-state index is 10.6. The van der Waals surface area contributed by atoms with Gasteiger partial charge < -0.3 is 10.2 Å². The van der Waals surface area contributed by atoms with E-state index in [1.54, 1.807) is 5.06 Å². The molecule has 2 aromatic carbocycles. The minimum Gasteiger partial charge on any atom is -0.393 e. The summed E-state index contributed by atoms with van der Waals surface area (Å²) < 4.78 is 0. The van der Waals surface area contributed by atoms with Crippen LogP contribution >= 0.6 is 0 Å². The predicted molar refractivity (Wildman–Crippen MR) is 79.2 cm³/mol. The van der Waals surface area contributed by atoms with Gasteiger partial charge in [0, 0.05) is 6.54 Å². The van der Waals surface area contributed by atoms with E-state index in [9.17, 15) is 10.2 Å². The van der Waals surface area contributed by atoms with Gasteiger partial charge in [-0.3, -0.25) is 4.84 Å². The van der Waals surface area contributed by atoms with Crippen molar-refractivity contribution in [3.63, 3.8) is 0 Å². The fraction of sp³-hybridized carbons (Fsp3) is 0.294. The van der Waals surface area contributed by atoms with Crippen LogP contribution in [-0.4, -0.2) is 34.1 Å². The van der Waals surface area contributed by atoms with Crippen molar-refractivity contribution in [3.05, 3.63) is 71.8 Å².